The number of nitrogens with one attached hydrogen (secondary N) is 1. The molecule has 0 bridgehead atoms. The minimum atomic E-state index is -3.66. The Labute approximate surface area is 176 Å². The molecule has 0 spiro atoms. The smallest absolute Gasteiger partial charge is 0.251 e. The van der Waals surface area contributed by atoms with E-state index in [4.69, 9.17) is 0 Å². The number of benzene rings is 2. The quantitative estimate of drug-likeness (QED) is 0.765. The van der Waals surface area contributed by atoms with E-state index in [1.807, 2.05) is 18.2 Å². The summed E-state index contributed by atoms with van der Waals surface area (Å²) in [5.74, 6) is -0.955. The predicted octanol–water partition coefficient (Wildman–Crippen LogP) is 2.32. The summed E-state index contributed by atoms with van der Waals surface area (Å²) in [7, 11) is -3.66. The lowest BCUT2D eigenvalue weighted by atomic mass is 10.1. The third-order valence-corrected chi connectivity index (χ3v) is 7.33. The number of nitrogens with zero attached hydrogens (tertiary/aromatic N) is 2. The lowest BCUT2D eigenvalue weighted by Gasteiger charge is -2.28. The van der Waals surface area contributed by atoms with Crippen molar-refractivity contribution in [3.8, 4) is 0 Å². The molecule has 2 saturated heterocycles. The van der Waals surface area contributed by atoms with Gasteiger partial charge in [0.1, 0.15) is 0 Å². The summed E-state index contributed by atoms with van der Waals surface area (Å²) in [6, 6.07) is 16.4. The Bertz CT molecular complexity index is 1030. The Morgan fingerprint density at radius 3 is 2.43 bits per heavy atom. The molecule has 2 fully saturated rings. The zero-order valence-corrected chi connectivity index (χ0v) is 17.5. The van der Waals surface area contributed by atoms with E-state index in [1.165, 1.54) is 12.1 Å². The fraction of sp³-hybridized carbons (Fsp3) is 0.364. The highest BCUT2D eigenvalue weighted by Crippen LogP contribution is 2.27. The average Bonchev–Trinajstić information content (AvgIpc) is 3.37. The van der Waals surface area contributed by atoms with Crippen molar-refractivity contribution in [3.63, 3.8) is 0 Å². The molecule has 1 unspecified atom stereocenters. The molecule has 4 rings (SSSR count). The maximum atomic E-state index is 12.8. The molecule has 0 aromatic heterocycles. The zero-order valence-electron chi connectivity index (χ0n) is 16.7. The maximum Gasteiger partial charge on any atom is 0.251 e. The van der Waals surface area contributed by atoms with Gasteiger partial charge in [-0.3, -0.25) is 14.5 Å². The summed E-state index contributed by atoms with van der Waals surface area (Å²) in [6.07, 6.45) is 2.27. The normalized spacial score (nSPS) is 19.7. The predicted molar refractivity (Wildman–Crippen MR) is 115 cm³/mol. The summed E-state index contributed by atoms with van der Waals surface area (Å²) in [6.45, 7) is 2.45. The number of sulfonamides is 1. The van der Waals surface area contributed by atoms with Crippen LogP contribution in [0.3, 0.4) is 0 Å². The molecular weight excluding hydrogens is 402 g/mol. The van der Waals surface area contributed by atoms with Crippen LogP contribution in [-0.4, -0.2) is 50.5 Å². The fourth-order valence-electron chi connectivity index (χ4n) is 4.12. The molecule has 2 aromatic rings. The van der Waals surface area contributed by atoms with Gasteiger partial charge in [0.15, 0.2) is 0 Å². The second-order valence-electron chi connectivity index (χ2n) is 7.65. The van der Waals surface area contributed by atoms with Crippen LogP contribution in [0.4, 0.5) is 5.69 Å². The molecule has 1 N–H and O–H groups in total. The van der Waals surface area contributed by atoms with E-state index in [0.29, 0.717) is 12.1 Å². The molecule has 0 radical (unpaired) electrons. The second kappa shape index (κ2) is 8.57. The van der Waals surface area contributed by atoms with Crippen molar-refractivity contribution < 1.29 is 18.0 Å². The minimum absolute atomic E-state index is 0.0344. The standard InChI is InChI=1S/C22H25N3O4S/c26-21-11-14-30(28,29)25(21)19-10-6-9-18(15-19)22(27)23-16-20(24-12-4-5-13-24)17-7-2-1-3-8-17/h1-3,6-10,15,20H,4-5,11-14,16H2,(H,23,27). The van der Waals surface area contributed by atoms with E-state index in [2.05, 4.69) is 22.3 Å². The molecule has 2 aliphatic heterocycles. The first-order valence-electron chi connectivity index (χ1n) is 10.2. The number of carbonyl (C=O) groups excluding carboxylic acids is 2. The highest BCUT2D eigenvalue weighted by Gasteiger charge is 2.36. The van der Waals surface area contributed by atoms with Crippen LogP contribution in [0.15, 0.2) is 54.6 Å². The van der Waals surface area contributed by atoms with Gasteiger partial charge in [-0.25, -0.2) is 12.7 Å². The maximum absolute atomic E-state index is 12.8. The largest absolute Gasteiger partial charge is 0.350 e. The van der Waals surface area contributed by atoms with Gasteiger partial charge in [0, 0.05) is 18.5 Å². The molecule has 8 heteroatoms. The molecule has 158 valence electrons. The highest BCUT2D eigenvalue weighted by atomic mass is 32.2. The van der Waals surface area contributed by atoms with Crippen LogP contribution >= 0.6 is 0 Å². The Morgan fingerprint density at radius 2 is 1.77 bits per heavy atom. The van der Waals surface area contributed by atoms with Gasteiger partial charge in [-0.05, 0) is 49.7 Å². The van der Waals surface area contributed by atoms with E-state index < -0.39 is 15.9 Å². The van der Waals surface area contributed by atoms with Gasteiger partial charge in [0.25, 0.3) is 5.91 Å². The van der Waals surface area contributed by atoms with Crippen molar-refractivity contribution in [1.82, 2.24) is 10.2 Å². The summed E-state index contributed by atoms with van der Waals surface area (Å²) in [5.41, 5.74) is 1.70. The van der Waals surface area contributed by atoms with Crippen LogP contribution in [0.2, 0.25) is 0 Å². The number of likely N-dealkylation sites (tertiary alicyclic amines) is 1. The van der Waals surface area contributed by atoms with E-state index in [9.17, 15) is 18.0 Å². The van der Waals surface area contributed by atoms with E-state index in [0.717, 1.165) is 35.8 Å². The van der Waals surface area contributed by atoms with Gasteiger partial charge in [-0.2, -0.15) is 0 Å². The Kier molecular flexibility index (Phi) is 5.87. The number of rotatable bonds is 6. The summed E-state index contributed by atoms with van der Waals surface area (Å²) < 4.78 is 25.1. The minimum Gasteiger partial charge on any atom is -0.350 e. The monoisotopic (exact) mass is 427 g/mol. The fourth-order valence-corrected chi connectivity index (χ4v) is 5.57. The van der Waals surface area contributed by atoms with E-state index >= 15 is 0 Å². The molecule has 0 aliphatic carbocycles. The Balaban J connectivity index is 1.50. The lowest BCUT2D eigenvalue weighted by Crippen LogP contribution is -2.37. The SMILES string of the molecule is O=C(NCC(c1ccccc1)N1CCCC1)c1cccc(N2C(=O)CCS2(=O)=O)c1. The van der Waals surface area contributed by atoms with Gasteiger partial charge in [0.05, 0.1) is 17.5 Å². The molecule has 2 heterocycles. The van der Waals surface area contributed by atoms with Crippen LogP contribution in [0.5, 0.6) is 0 Å². The third kappa shape index (κ3) is 4.24. The number of hydrogen-bond acceptors (Lipinski definition) is 5. The molecule has 7 nitrogen and oxygen atoms in total. The molecule has 0 saturated carbocycles. The van der Waals surface area contributed by atoms with Crippen molar-refractivity contribution in [2.75, 3.05) is 29.7 Å². The van der Waals surface area contributed by atoms with Gasteiger partial charge in [-0.1, -0.05) is 36.4 Å². The summed E-state index contributed by atoms with van der Waals surface area (Å²) in [4.78, 5) is 27.2. The summed E-state index contributed by atoms with van der Waals surface area (Å²) >= 11 is 0. The lowest BCUT2D eigenvalue weighted by molar-refractivity contribution is -0.116. The van der Waals surface area contributed by atoms with Gasteiger partial charge < -0.3 is 5.32 Å². The van der Waals surface area contributed by atoms with Crippen LogP contribution < -0.4 is 9.62 Å². The topological polar surface area (TPSA) is 86.8 Å². The number of anilines is 1. The van der Waals surface area contributed by atoms with Crippen LogP contribution in [0, 0.1) is 0 Å². The molecule has 2 aromatic carbocycles. The third-order valence-electron chi connectivity index (χ3n) is 5.64. The first kappa shape index (κ1) is 20.6. The molecular formula is C22H25N3O4S. The van der Waals surface area contributed by atoms with Crippen LogP contribution in [-0.2, 0) is 14.8 Å². The van der Waals surface area contributed by atoms with Crippen LogP contribution in [0.25, 0.3) is 0 Å². The zero-order chi connectivity index (χ0) is 21.1. The second-order valence-corrected chi connectivity index (χ2v) is 9.59. The first-order valence-corrected chi connectivity index (χ1v) is 11.8. The van der Waals surface area contributed by atoms with Crippen molar-refractivity contribution in [3.05, 3.63) is 65.7 Å². The first-order chi connectivity index (χ1) is 14.5. The van der Waals surface area contributed by atoms with Crippen molar-refractivity contribution in [1.29, 1.82) is 0 Å². The highest BCUT2D eigenvalue weighted by molar-refractivity contribution is 7.94. The number of carbonyl (C=O) groups is 2. The number of hydrogen-bond donors (Lipinski definition) is 1. The summed E-state index contributed by atoms with van der Waals surface area (Å²) in [5, 5.41) is 2.99. The van der Waals surface area contributed by atoms with Crippen molar-refractivity contribution in [2.24, 2.45) is 0 Å². The van der Waals surface area contributed by atoms with Crippen molar-refractivity contribution in [2.45, 2.75) is 25.3 Å². The van der Waals surface area contributed by atoms with Crippen molar-refractivity contribution >= 4 is 27.5 Å². The Hall–Kier alpha value is -2.71. The van der Waals surface area contributed by atoms with E-state index in [1.54, 1.807) is 12.1 Å². The van der Waals surface area contributed by atoms with Gasteiger partial charge >= 0.3 is 0 Å². The van der Waals surface area contributed by atoms with Gasteiger partial charge in [0.2, 0.25) is 15.9 Å². The molecule has 30 heavy (non-hydrogen) atoms. The van der Waals surface area contributed by atoms with E-state index in [-0.39, 0.29) is 29.8 Å². The molecule has 1 atom stereocenters. The van der Waals surface area contributed by atoms with Gasteiger partial charge in [-0.15, -0.1) is 0 Å². The van der Waals surface area contributed by atoms with Crippen LogP contribution in [0.1, 0.15) is 41.2 Å². The molecule has 2 aliphatic rings. The molecule has 2 amide bonds. The number of amides is 2. The average molecular weight is 428 g/mol. The Morgan fingerprint density at radius 1 is 1.03 bits per heavy atom.